The first-order chi connectivity index (χ1) is 9.24. The predicted molar refractivity (Wildman–Crippen MR) is 78.3 cm³/mol. The highest BCUT2D eigenvalue weighted by Crippen LogP contribution is 2.30. The smallest absolute Gasteiger partial charge is 0.0781 e. The molecule has 2 heterocycles. The van der Waals surface area contributed by atoms with Crippen molar-refractivity contribution in [3.8, 4) is 0 Å². The quantitative estimate of drug-likeness (QED) is 0.877. The van der Waals surface area contributed by atoms with Crippen molar-refractivity contribution in [3.05, 3.63) is 29.8 Å². The number of rotatable bonds is 3. The van der Waals surface area contributed by atoms with E-state index in [1.54, 1.807) is 0 Å². The molecule has 3 heteroatoms. The molecule has 3 rings (SSSR count). The molecule has 1 aromatic carbocycles. The number of hydrogen-bond donors (Lipinski definition) is 2. The van der Waals surface area contributed by atoms with Gasteiger partial charge >= 0.3 is 0 Å². The lowest BCUT2D eigenvalue weighted by Gasteiger charge is -2.36. The van der Waals surface area contributed by atoms with Gasteiger partial charge in [0.15, 0.2) is 0 Å². The maximum Gasteiger partial charge on any atom is 0.0781 e. The highest BCUT2D eigenvalue weighted by Gasteiger charge is 2.31. The SMILES string of the molecule is CC(O)c1ccccc1NC1CCN2CCCC2C1. The van der Waals surface area contributed by atoms with Gasteiger partial charge in [0, 0.05) is 29.9 Å². The number of anilines is 1. The van der Waals surface area contributed by atoms with E-state index < -0.39 is 6.10 Å². The van der Waals surface area contributed by atoms with Gasteiger partial charge in [0.05, 0.1) is 6.10 Å². The monoisotopic (exact) mass is 260 g/mol. The molecule has 0 saturated carbocycles. The number of benzene rings is 1. The molecule has 3 nitrogen and oxygen atoms in total. The Labute approximate surface area is 115 Å². The first-order valence-electron chi connectivity index (χ1n) is 7.51. The fraction of sp³-hybridized carbons (Fsp3) is 0.625. The van der Waals surface area contributed by atoms with Crippen molar-refractivity contribution >= 4 is 5.69 Å². The molecule has 0 aromatic heterocycles. The molecular weight excluding hydrogens is 236 g/mol. The highest BCUT2D eigenvalue weighted by atomic mass is 16.3. The zero-order valence-corrected chi connectivity index (χ0v) is 11.7. The third-order valence-corrected chi connectivity index (χ3v) is 4.59. The van der Waals surface area contributed by atoms with Gasteiger partial charge in [0.25, 0.3) is 0 Å². The van der Waals surface area contributed by atoms with Crippen LogP contribution in [0.4, 0.5) is 5.69 Å². The summed E-state index contributed by atoms with van der Waals surface area (Å²) >= 11 is 0. The summed E-state index contributed by atoms with van der Waals surface area (Å²) in [5, 5.41) is 13.5. The van der Waals surface area contributed by atoms with E-state index in [0.29, 0.717) is 6.04 Å². The molecule has 2 N–H and O–H groups in total. The topological polar surface area (TPSA) is 35.5 Å². The average Bonchev–Trinajstić information content (AvgIpc) is 2.86. The second-order valence-corrected chi connectivity index (χ2v) is 5.96. The van der Waals surface area contributed by atoms with E-state index in [9.17, 15) is 5.11 Å². The molecule has 3 atom stereocenters. The van der Waals surface area contributed by atoms with Crippen LogP contribution in [-0.2, 0) is 0 Å². The van der Waals surface area contributed by atoms with Gasteiger partial charge in [0.2, 0.25) is 0 Å². The zero-order chi connectivity index (χ0) is 13.2. The lowest BCUT2D eigenvalue weighted by atomic mass is 9.96. The number of para-hydroxylation sites is 1. The van der Waals surface area contributed by atoms with E-state index >= 15 is 0 Å². The summed E-state index contributed by atoms with van der Waals surface area (Å²) < 4.78 is 0. The van der Waals surface area contributed by atoms with Crippen molar-refractivity contribution in [2.75, 3.05) is 18.4 Å². The molecule has 0 radical (unpaired) electrons. The van der Waals surface area contributed by atoms with Crippen LogP contribution in [0.1, 0.15) is 44.3 Å². The minimum Gasteiger partial charge on any atom is -0.389 e. The molecule has 2 aliphatic heterocycles. The first kappa shape index (κ1) is 12.9. The Bertz CT molecular complexity index is 433. The number of piperidine rings is 1. The fourth-order valence-corrected chi connectivity index (χ4v) is 3.57. The summed E-state index contributed by atoms with van der Waals surface area (Å²) in [6, 6.07) is 9.47. The van der Waals surface area contributed by atoms with Crippen LogP contribution in [0.2, 0.25) is 0 Å². The van der Waals surface area contributed by atoms with Gasteiger partial charge in [-0.25, -0.2) is 0 Å². The van der Waals surface area contributed by atoms with E-state index in [1.807, 2.05) is 25.1 Å². The van der Waals surface area contributed by atoms with Crippen molar-refractivity contribution in [1.82, 2.24) is 4.90 Å². The number of aliphatic hydroxyl groups is 1. The molecule has 2 fully saturated rings. The summed E-state index contributed by atoms with van der Waals surface area (Å²) in [5.74, 6) is 0. The molecule has 2 aliphatic rings. The van der Waals surface area contributed by atoms with Gasteiger partial charge in [-0.15, -0.1) is 0 Å². The van der Waals surface area contributed by atoms with Gasteiger partial charge in [0.1, 0.15) is 0 Å². The number of hydrogen-bond acceptors (Lipinski definition) is 3. The first-order valence-corrected chi connectivity index (χ1v) is 7.51. The number of nitrogens with zero attached hydrogens (tertiary/aromatic N) is 1. The summed E-state index contributed by atoms with van der Waals surface area (Å²) in [7, 11) is 0. The third-order valence-electron chi connectivity index (χ3n) is 4.59. The summed E-state index contributed by atoms with van der Waals surface area (Å²) in [4.78, 5) is 2.64. The van der Waals surface area contributed by atoms with Gasteiger partial charge in [-0.05, 0) is 45.2 Å². The lowest BCUT2D eigenvalue weighted by molar-refractivity contribution is 0.187. The largest absolute Gasteiger partial charge is 0.389 e. The molecule has 0 spiro atoms. The van der Waals surface area contributed by atoms with Gasteiger partial charge in [-0.3, -0.25) is 0 Å². The van der Waals surface area contributed by atoms with E-state index in [4.69, 9.17) is 0 Å². The lowest BCUT2D eigenvalue weighted by Crippen LogP contribution is -2.42. The number of fused-ring (bicyclic) bond motifs is 1. The minimum atomic E-state index is -0.407. The van der Waals surface area contributed by atoms with Crippen molar-refractivity contribution in [1.29, 1.82) is 0 Å². The van der Waals surface area contributed by atoms with Crippen LogP contribution in [-0.4, -0.2) is 35.2 Å². The Kier molecular flexibility index (Phi) is 3.76. The summed E-state index contributed by atoms with van der Waals surface area (Å²) in [6.45, 7) is 4.35. The third kappa shape index (κ3) is 2.77. The van der Waals surface area contributed by atoms with E-state index in [2.05, 4.69) is 16.3 Å². The van der Waals surface area contributed by atoms with Crippen LogP contribution in [0.15, 0.2) is 24.3 Å². The Morgan fingerprint density at radius 3 is 2.95 bits per heavy atom. The Morgan fingerprint density at radius 1 is 1.26 bits per heavy atom. The molecule has 104 valence electrons. The van der Waals surface area contributed by atoms with Gasteiger partial charge in [-0.2, -0.15) is 0 Å². The standard InChI is InChI=1S/C16H24N2O/c1-12(19)15-6-2-3-7-16(15)17-13-8-10-18-9-4-5-14(18)11-13/h2-3,6-7,12-14,17,19H,4-5,8-11H2,1H3. The van der Waals surface area contributed by atoms with Crippen LogP contribution < -0.4 is 5.32 Å². The molecule has 19 heavy (non-hydrogen) atoms. The average molecular weight is 260 g/mol. The second-order valence-electron chi connectivity index (χ2n) is 5.96. The maximum atomic E-state index is 9.84. The minimum absolute atomic E-state index is 0.407. The normalized spacial score (nSPS) is 28.9. The number of aliphatic hydroxyl groups excluding tert-OH is 1. The molecule has 0 bridgehead atoms. The molecule has 2 saturated heterocycles. The van der Waals surface area contributed by atoms with E-state index in [-0.39, 0.29) is 0 Å². The van der Waals surface area contributed by atoms with Crippen LogP contribution in [0.5, 0.6) is 0 Å². The van der Waals surface area contributed by atoms with E-state index in [1.165, 1.54) is 38.8 Å². The Morgan fingerprint density at radius 2 is 2.11 bits per heavy atom. The van der Waals surface area contributed by atoms with Gasteiger partial charge < -0.3 is 15.3 Å². The fourth-order valence-electron chi connectivity index (χ4n) is 3.57. The molecular formula is C16H24N2O. The highest BCUT2D eigenvalue weighted by molar-refractivity contribution is 5.52. The van der Waals surface area contributed by atoms with Crippen LogP contribution >= 0.6 is 0 Å². The second kappa shape index (κ2) is 5.51. The Hall–Kier alpha value is -1.06. The Balaban J connectivity index is 1.68. The van der Waals surface area contributed by atoms with Crippen LogP contribution in [0.25, 0.3) is 0 Å². The maximum absolute atomic E-state index is 9.84. The van der Waals surface area contributed by atoms with Crippen LogP contribution in [0.3, 0.4) is 0 Å². The van der Waals surface area contributed by atoms with Crippen molar-refractivity contribution in [3.63, 3.8) is 0 Å². The summed E-state index contributed by atoms with van der Waals surface area (Å²) in [6.07, 6.45) is 4.77. The summed E-state index contributed by atoms with van der Waals surface area (Å²) in [5.41, 5.74) is 2.12. The van der Waals surface area contributed by atoms with E-state index in [0.717, 1.165) is 17.3 Å². The van der Waals surface area contributed by atoms with Crippen molar-refractivity contribution in [2.24, 2.45) is 0 Å². The van der Waals surface area contributed by atoms with Crippen molar-refractivity contribution in [2.45, 2.75) is 50.8 Å². The van der Waals surface area contributed by atoms with Crippen LogP contribution in [0, 0.1) is 0 Å². The zero-order valence-electron chi connectivity index (χ0n) is 11.7. The predicted octanol–water partition coefficient (Wildman–Crippen LogP) is 2.78. The van der Waals surface area contributed by atoms with Crippen molar-refractivity contribution < 1.29 is 5.11 Å². The molecule has 0 amide bonds. The van der Waals surface area contributed by atoms with Gasteiger partial charge in [-0.1, -0.05) is 18.2 Å². The molecule has 0 aliphatic carbocycles. The molecule has 1 aromatic rings. The number of nitrogens with one attached hydrogen (secondary N) is 1. The molecule has 3 unspecified atom stereocenters.